The van der Waals surface area contributed by atoms with Crippen LogP contribution in [-0.4, -0.2) is 12.5 Å². The predicted octanol–water partition coefficient (Wildman–Crippen LogP) is 4.34. The lowest BCUT2D eigenvalue weighted by atomic mass is 10.2. The van der Waals surface area contributed by atoms with E-state index in [4.69, 9.17) is 4.74 Å². The fourth-order valence-electron chi connectivity index (χ4n) is 2.07. The van der Waals surface area contributed by atoms with E-state index >= 15 is 0 Å². The molecule has 22 heavy (non-hydrogen) atoms. The van der Waals surface area contributed by atoms with E-state index < -0.39 is 0 Å². The number of carbonyl (C=O) groups excluding carboxylic acids is 1. The minimum absolute atomic E-state index is 0.0734. The average molecular weight is 309 g/mol. The van der Waals surface area contributed by atoms with E-state index in [0.29, 0.717) is 11.5 Å². The monoisotopic (exact) mass is 309 g/mol. The van der Waals surface area contributed by atoms with Gasteiger partial charge in [0.05, 0.1) is 10.6 Å². The summed E-state index contributed by atoms with van der Waals surface area (Å²) in [5, 5.41) is 2.91. The molecule has 0 saturated heterocycles. The van der Waals surface area contributed by atoms with Crippen LogP contribution in [0.1, 0.15) is 5.56 Å². The normalized spacial score (nSPS) is 15.1. The molecular formula is C18H15NO2S. The molecule has 2 aromatic carbocycles. The van der Waals surface area contributed by atoms with Gasteiger partial charge in [-0.1, -0.05) is 48.7 Å². The minimum Gasteiger partial charge on any atom is -0.490 e. The summed E-state index contributed by atoms with van der Waals surface area (Å²) < 4.78 is 5.44. The average Bonchev–Trinajstić information content (AvgIpc) is 2.55. The number of fused-ring (bicyclic) bond motifs is 1. The van der Waals surface area contributed by atoms with E-state index in [1.807, 2.05) is 54.6 Å². The van der Waals surface area contributed by atoms with Gasteiger partial charge in [0, 0.05) is 4.90 Å². The predicted molar refractivity (Wildman–Crippen MR) is 91.0 cm³/mol. The van der Waals surface area contributed by atoms with Gasteiger partial charge in [-0.3, -0.25) is 4.79 Å². The van der Waals surface area contributed by atoms with Gasteiger partial charge >= 0.3 is 0 Å². The zero-order valence-corrected chi connectivity index (χ0v) is 12.7. The highest BCUT2D eigenvalue weighted by Gasteiger charge is 2.20. The number of benzene rings is 2. The molecule has 110 valence electrons. The summed E-state index contributed by atoms with van der Waals surface area (Å²) >= 11 is 1.48. The van der Waals surface area contributed by atoms with Gasteiger partial charge in [0.25, 0.3) is 5.91 Å². The Hall–Kier alpha value is -2.46. The molecule has 0 radical (unpaired) electrons. The van der Waals surface area contributed by atoms with Gasteiger partial charge in [-0.2, -0.15) is 0 Å². The zero-order valence-electron chi connectivity index (χ0n) is 11.9. The van der Waals surface area contributed by atoms with Crippen molar-refractivity contribution < 1.29 is 9.53 Å². The Balaban J connectivity index is 1.80. The summed E-state index contributed by atoms with van der Waals surface area (Å²) in [7, 11) is 0. The van der Waals surface area contributed by atoms with Gasteiger partial charge in [-0.05, 0) is 35.9 Å². The molecule has 3 nitrogen and oxygen atoms in total. The number of amides is 1. The molecule has 1 aliphatic rings. The lowest BCUT2D eigenvalue weighted by Gasteiger charge is -2.18. The fourth-order valence-corrected chi connectivity index (χ4v) is 3.02. The number of para-hydroxylation sites is 1. The second kappa shape index (κ2) is 6.54. The molecule has 1 N–H and O–H groups in total. The Morgan fingerprint density at radius 3 is 2.68 bits per heavy atom. The molecule has 3 rings (SSSR count). The first-order chi connectivity index (χ1) is 10.8. The SMILES string of the molecule is C=CCOc1ccc(/C=C2\Sc3ccccc3NC2=O)cc1. The molecule has 0 bridgehead atoms. The number of thioether (sulfide) groups is 1. The summed E-state index contributed by atoms with van der Waals surface area (Å²) in [5.74, 6) is 0.712. The lowest BCUT2D eigenvalue weighted by molar-refractivity contribution is -0.112. The Labute approximate surface area is 133 Å². The molecule has 0 spiro atoms. The van der Waals surface area contributed by atoms with Crippen LogP contribution in [0.4, 0.5) is 5.69 Å². The second-order valence-electron chi connectivity index (χ2n) is 4.73. The number of hydrogen-bond donors (Lipinski definition) is 1. The Morgan fingerprint density at radius 1 is 1.14 bits per heavy atom. The maximum atomic E-state index is 12.1. The quantitative estimate of drug-likeness (QED) is 0.674. The Bertz CT molecular complexity index is 735. The maximum Gasteiger partial charge on any atom is 0.262 e. The minimum atomic E-state index is -0.0734. The van der Waals surface area contributed by atoms with Crippen LogP contribution in [0.5, 0.6) is 5.75 Å². The standard InChI is InChI=1S/C18H15NO2S/c1-2-11-21-14-9-7-13(8-10-14)12-17-18(20)19-15-5-3-4-6-16(15)22-17/h2-10,12H,1,11H2,(H,19,20)/b17-12-. The number of carbonyl (C=O) groups is 1. The molecule has 0 aliphatic carbocycles. The number of anilines is 1. The summed E-state index contributed by atoms with van der Waals surface area (Å²) in [4.78, 5) is 13.9. The van der Waals surface area contributed by atoms with Crippen molar-refractivity contribution in [1.82, 2.24) is 0 Å². The molecular weight excluding hydrogens is 294 g/mol. The zero-order chi connectivity index (χ0) is 15.4. The van der Waals surface area contributed by atoms with Crippen molar-refractivity contribution in [2.75, 3.05) is 11.9 Å². The smallest absolute Gasteiger partial charge is 0.262 e. The number of hydrogen-bond acceptors (Lipinski definition) is 3. The third-order valence-corrected chi connectivity index (χ3v) is 4.22. The molecule has 2 aromatic rings. The van der Waals surface area contributed by atoms with Crippen molar-refractivity contribution in [3.63, 3.8) is 0 Å². The summed E-state index contributed by atoms with van der Waals surface area (Å²) in [6.07, 6.45) is 3.59. The van der Waals surface area contributed by atoms with Crippen LogP contribution in [0.25, 0.3) is 6.08 Å². The highest BCUT2D eigenvalue weighted by atomic mass is 32.2. The van der Waals surface area contributed by atoms with E-state index in [0.717, 1.165) is 21.9 Å². The molecule has 4 heteroatoms. The van der Waals surface area contributed by atoms with Gasteiger partial charge in [0.1, 0.15) is 12.4 Å². The molecule has 1 heterocycles. The number of ether oxygens (including phenoxy) is 1. The third-order valence-electron chi connectivity index (χ3n) is 3.12. The summed E-state index contributed by atoms with van der Waals surface area (Å²) in [6, 6.07) is 15.4. The van der Waals surface area contributed by atoms with Crippen LogP contribution < -0.4 is 10.1 Å². The maximum absolute atomic E-state index is 12.1. The first-order valence-electron chi connectivity index (χ1n) is 6.90. The van der Waals surface area contributed by atoms with Gasteiger partial charge in [0.2, 0.25) is 0 Å². The van der Waals surface area contributed by atoms with Crippen molar-refractivity contribution in [2.45, 2.75) is 4.90 Å². The van der Waals surface area contributed by atoms with Crippen LogP contribution >= 0.6 is 11.8 Å². The van der Waals surface area contributed by atoms with E-state index in [-0.39, 0.29) is 5.91 Å². The van der Waals surface area contributed by atoms with Crippen molar-refractivity contribution in [3.05, 3.63) is 71.7 Å². The van der Waals surface area contributed by atoms with E-state index in [2.05, 4.69) is 11.9 Å². The van der Waals surface area contributed by atoms with Gasteiger partial charge in [0.15, 0.2) is 0 Å². The molecule has 0 aromatic heterocycles. The van der Waals surface area contributed by atoms with Gasteiger partial charge < -0.3 is 10.1 Å². The summed E-state index contributed by atoms with van der Waals surface area (Å²) in [5.41, 5.74) is 1.82. The Kier molecular flexibility index (Phi) is 4.30. The molecule has 0 fully saturated rings. The first kappa shape index (κ1) is 14.5. The van der Waals surface area contributed by atoms with Crippen LogP contribution in [0.2, 0.25) is 0 Å². The van der Waals surface area contributed by atoms with Crippen LogP contribution in [-0.2, 0) is 4.79 Å². The first-order valence-corrected chi connectivity index (χ1v) is 7.71. The van der Waals surface area contributed by atoms with Crippen molar-refractivity contribution >= 4 is 29.4 Å². The second-order valence-corrected chi connectivity index (χ2v) is 5.81. The van der Waals surface area contributed by atoms with Gasteiger partial charge in [-0.25, -0.2) is 0 Å². The van der Waals surface area contributed by atoms with Crippen molar-refractivity contribution in [3.8, 4) is 5.75 Å². The number of nitrogens with one attached hydrogen (secondary N) is 1. The third kappa shape index (κ3) is 3.23. The van der Waals surface area contributed by atoms with E-state index in [9.17, 15) is 4.79 Å². The molecule has 0 atom stereocenters. The fraction of sp³-hybridized carbons (Fsp3) is 0.0556. The molecule has 1 amide bonds. The molecule has 0 unspecified atom stereocenters. The topological polar surface area (TPSA) is 38.3 Å². The van der Waals surface area contributed by atoms with Crippen molar-refractivity contribution in [1.29, 1.82) is 0 Å². The lowest BCUT2D eigenvalue weighted by Crippen LogP contribution is -2.17. The van der Waals surface area contributed by atoms with E-state index in [1.165, 1.54) is 11.8 Å². The Morgan fingerprint density at radius 2 is 1.91 bits per heavy atom. The van der Waals surface area contributed by atoms with Crippen molar-refractivity contribution in [2.24, 2.45) is 0 Å². The summed E-state index contributed by atoms with van der Waals surface area (Å²) in [6.45, 7) is 4.10. The largest absolute Gasteiger partial charge is 0.490 e. The number of rotatable bonds is 4. The van der Waals surface area contributed by atoms with Crippen LogP contribution in [0, 0.1) is 0 Å². The highest BCUT2D eigenvalue weighted by Crippen LogP contribution is 2.38. The highest BCUT2D eigenvalue weighted by molar-refractivity contribution is 8.04. The van der Waals surface area contributed by atoms with Crippen LogP contribution in [0.3, 0.4) is 0 Å². The van der Waals surface area contributed by atoms with Gasteiger partial charge in [-0.15, -0.1) is 0 Å². The van der Waals surface area contributed by atoms with Crippen LogP contribution in [0.15, 0.2) is 71.0 Å². The molecule has 1 aliphatic heterocycles. The molecule has 0 saturated carbocycles. The van der Waals surface area contributed by atoms with E-state index in [1.54, 1.807) is 6.08 Å².